The minimum Gasteiger partial charge on any atom is -0.458 e. The summed E-state index contributed by atoms with van der Waals surface area (Å²) in [6.07, 6.45) is 12.9. The first-order valence-electron chi connectivity index (χ1n) is 22.1. The number of ether oxygens (including phenoxy) is 2. The Bertz CT molecular complexity index is 1860. The highest BCUT2D eigenvalue weighted by Crippen LogP contribution is 2.67. The van der Waals surface area contributed by atoms with Crippen molar-refractivity contribution in [2.24, 2.45) is 46.3 Å². The predicted molar refractivity (Wildman–Crippen MR) is 230 cm³/mol. The number of hydrogen-bond donors (Lipinski definition) is 1. The lowest BCUT2D eigenvalue weighted by molar-refractivity contribution is -0.0639. The number of aliphatic hydroxyl groups excluding tert-OH is 1. The molecule has 0 bridgehead atoms. The molecule has 0 unspecified atom stereocenters. The van der Waals surface area contributed by atoms with Crippen LogP contribution in [-0.4, -0.2) is 29.9 Å². The van der Waals surface area contributed by atoms with Crippen molar-refractivity contribution in [3.05, 3.63) is 155 Å². The second-order valence-corrected chi connectivity index (χ2v) is 18.9. The molecule has 57 heavy (non-hydrogen) atoms. The highest BCUT2D eigenvalue weighted by Gasteiger charge is 2.61. The molecule has 4 aromatic rings. The molecule has 3 saturated carbocycles. The molecule has 0 heterocycles. The molecule has 4 nitrogen and oxygen atoms in total. The Labute approximate surface area is 342 Å². The van der Waals surface area contributed by atoms with E-state index in [4.69, 9.17) is 9.47 Å². The van der Waals surface area contributed by atoms with Crippen LogP contribution in [0.1, 0.15) is 119 Å². The quantitative estimate of drug-likeness (QED) is 0.0837. The Morgan fingerprint density at radius 3 is 1.95 bits per heavy atom. The minimum absolute atomic E-state index is 0.0469. The van der Waals surface area contributed by atoms with Gasteiger partial charge in [-0.15, -0.1) is 0 Å². The maximum Gasteiger partial charge on any atom is 0.338 e. The summed E-state index contributed by atoms with van der Waals surface area (Å²) in [5.41, 5.74) is 5.22. The number of aliphatic hydroxyl groups is 1. The van der Waals surface area contributed by atoms with Crippen LogP contribution in [0.15, 0.2) is 133 Å². The molecule has 4 aromatic carbocycles. The highest BCUT2D eigenvalue weighted by atomic mass is 16.5. The monoisotopic (exact) mass is 764 g/mol. The van der Waals surface area contributed by atoms with Crippen molar-refractivity contribution in [3.8, 4) is 0 Å². The van der Waals surface area contributed by atoms with E-state index in [0.717, 1.165) is 68.1 Å². The van der Waals surface area contributed by atoms with Gasteiger partial charge in [0.2, 0.25) is 0 Å². The number of allylic oxidation sites excluding steroid dienone is 1. The van der Waals surface area contributed by atoms with Gasteiger partial charge in [0.15, 0.2) is 0 Å². The highest BCUT2D eigenvalue weighted by molar-refractivity contribution is 5.89. The molecule has 0 radical (unpaired) electrons. The topological polar surface area (TPSA) is 55.8 Å². The molecule has 10 atom stereocenters. The normalized spacial score (nSPS) is 30.6. The van der Waals surface area contributed by atoms with E-state index >= 15 is 0 Å². The van der Waals surface area contributed by atoms with Gasteiger partial charge in [0.1, 0.15) is 11.7 Å². The van der Waals surface area contributed by atoms with Gasteiger partial charge >= 0.3 is 5.97 Å². The molecule has 4 aliphatic carbocycles. The first-order valence-corrected chi connectivity index (χ1v) is 22.1. The Hall–Kier alpha value is -3.99. The van der Waals surface area contributed by atoms with E-state index in [9.17, 15) is 9.90 Å². The Morgan fingerprint density at radius 1 is 0.772 bits per heavy atom. The summed E-state index contributed by atoms with van der Waals surface area (Å²) in [6, 6.07) is 41.5. The number of carbonyl (C=O) groups is 1. The molecular weight excluding hydrogens is 701 g/mol. The second-order valence-electron chi connectivity index (χ2n) is 18.9. The maximum atomic E-state index is 12.9. The summed E-state index contributed by atoms with van der Waals surface area (Å²) < 4.78 is 13.2. The first kappa shape index (κ1) is 39.8. The molecular formula is C53H64O4. The third kappa shape index (κ3) is 7.58. The van der Waals surface area contributed by atoms with Crippen LogP contribution in [0, 0.1) is 46.3 Å². The van der Waals surface area contributed by atoms with Gasteiger partial charge in [-0.05, 0) is 120 Å². The van der Waals surface area contributed by atoms with E-state index in [1.807, 2.05) is 30.3 Å². The van der Waals surface area contributed by atoms with Crippen LogP contribution in [0.4, 0.5) is 0 Å². The molecule has 4 heteroatoms. The van der Waals surface area contributed by atoms with Crippen molar-refractivity contribution >= 4 is 5.97 Å². The summed E-state index contributed by atoms with van der Waals surface area (Å²) in [7, 11) is 0. The molecule has 8 rings (SSSR count). The third-order valence-electron chi connectivity index (χ3n) is 15.5. The molecule has 300 valence electrons. The predicted octanol–water partition coefficient (Wildman–Crippen LogP) is 12.2. The lowest BCUT2D eigenvalue weighted by Gasteiger charge is -2.58. The number of fused-ring (bicyclic) bond motifs is 5. The van der Waals surface area contributed by atoms with Gasteiger partial charge in [0.25, 0.3) is 0 Å². The standard InChI is InChI=1S/C53H64O4/c1-37(36-56-53(40-22-11-6-12-23-40,41-24-13-7-14-25-41)42-26-15-8-16-27-42)18-17-19-38(2)49-48(54)35-47-45-29-28-43-34-44(57-50(55)39-20-9-5-10-21-39)30-32-51(43,3)46(45)31-33-52(47,49)4/h5-16,20-28,37-38,44-49,54H,17-19,29-36H2,1-4H3/t37-,38+,44+,45+,46-,47-,48+,49-,51-,52-/m0/s1. The van der Waals surface area contributed by atoms with Crippen molar-refractivity contribution in [2.45, 2.75) is 110 Å². The Balaban J connectivity index is 0.897. The molecule has 0 saturated heterocycles. The third-order valence-corrected chi connectivity index (χ3v) is 15.5. The summed E-state index contributed by atoms with van der Waals surface area (Å²) in [4.78, 5) is 12.9. The zero-order chi connectivity index (χ0) is 39.6. The summed E-state index contributed by atoms with van der Waals surface area (Å²) in [5.74, 6) is 2.80. The number of benzene rings is 4. The van der Waals surface area contributed by atoms with E-state index in [1.54, 1.807) is 0 Å². The minimum atomic E-state index is -0.692. The molecule has 4 aliphatic rings. The first-order chi connectivity index (χ1) is 27.6. The van der Waals surface area contributed by atoms with E-state index in [0.29, 0.717) is 47.7 Å². The molecule has 0 amide bonds. The summed E-state index contributed by atoms with van der Waals surface area (Å²) in [6.45, 7) is 10.5. The number of rotatable bonds is 13. The number of hydrogen-bond acceptors (Lipinski definition) is 4. The fourth-order valence-electron chi connectivity index (χ4n) is 12.7. The SMILES string of the molecule is C[C@@H](CCC[C@@H](C)[C@H]1[C@H](O)C[C@H]2[C@@H]3CC=C4C[C@H](OC(=O)c5ccccc5)CC[C@]4(C)[C@H]3CC[C@]12C)COC(c1ccccc1)(c1ccccc1)c1ccccc1. The van der Waals surface area contributed by atoms with Crippen LogP contribution in [0.5, 0.6) is 0 Å². The number of esters is 1. The van der Waals surface area contributed by atoms with Crippen molar-refractivity contribution in [2.75, 3.05) is 6.61 Å². The van der Waals surface area contributed by atoms with Crippen molar-refractivity contribution in [3.63, 3.8) is 0 Å². The fourth-order valence-corrected chi connectivity index (χ4v) is 12.7. The second kappa shape index (κ2) is 16.7. The Morgan fingerprint density at radius 2 is 1.35 bits per heavy atom. The van der Waals surface area contributed by atoms with E-state index in [2.05, 4.69) is 125 Å². The van der Waals surface area contributed by atoms with Crippen LogP contribution in [-0.2, 0) is 15.1 Å². The smallest absolute Gasteiger partial charge is 0.338 e. The molecule has 0 aromatic heterocycles. The average Bonchev–Trinajstić information content (AvgIpc) is 3.52. The van der Waals surface area contributed by atoms with Crippen LogP contribution in [0.3, 0.4) is 0 Å². The zero-order valence-electron chi connectivity index (χ0n) is 34.7. The molecule has 0 spiro atoms. The van der Waals surface area contributed by atoms with E-state index < -0.39 is 5.60 Å². The largest absolute Gasteiger partial charge is 0.458 e. The summed E-state index contributed by atoms with van der Waals surface area (Å²) >= 11 is 0. The van der Waals surface area contributed by atoms with Gasteiger partial charge in [0, 0.05) is 6.42 Å². The van der Waals surface area contributed by atoms with Crippen LogP contribution >= 0.6 is 0 Å². The van der Waals surface area contributed by atoms with Gasteiger partial charge < -0.3 is 14.6 Å². The lowest BCUT2D eigenvalue weighted by atomic mass is 9.47. The van der Waals surface area contributed by atoms with E-state index in [-0.39, 0.29) is 29.0 Å². The maximum absolute atomic E-state index is 12.9. The van der Waals surface area contributed by atoms with Crippen molar-refractivity contribution in [1.29, 1.82) is 0 Å². The van der Waals surface area contributed by atoms with Crippen LogP contribution in [0.2, 0.25) is 0 Å². The van der Waals surface area contributed by atoms with Gasteiger partial charge in [0.05, 0.1) is 18.3 Å². The molecule has 3 fully saturated rings. The van der Waals surface area contributed by atoms with Crippen molar-refractivity contribution < 1.29 is 19.4 Å². The Kier molecular flexibility index (Phi) is 11.7. The van der Waals surface area contributed by atoms with Gasteiger partial charge in [-0.3, -0.25) is 0 Å². The average molecular weight is 765 g/mol. The fraction of sp³-hybridized carbons (Fsp3) is 0.491. The van der Waals surface area contributed by atoms with Crippen LogP contribution in [0.25, 0.3) is 0 Å². The molecule has 0 aliphatic heterocycles. The van der Waals surface area contributed by atoms with E-state index in [1.165, 1.54) is 18.4 Å². The van der Waals surface area contributed by atoms with Gasteiger partial charge in [-0.1, -0.05) is 161 Å². The van der Waals surface area contributed by atoms with Gasteiger partial charge in [-0.25, -0.2) is 4.79 Å². The summed E-state index contributed by atoms with van der Waals surface area (Å²) in [5, 5.41) is 11.9. The number of carbonyl (C=O) groups excluding carboxylic acids is 1. The lowest BCUT2D eigenvalue weighted by Crippen LogP contribution is -2.51. The molecule has 1 N–H and O–H groups in total. The zero-order valence-corrected chi connectivity index (χ0v) is 34.7. The van der Waals surface area contributed by atoms with Gasteiger partial charge in [-0.2, -0.15) is 0 Å². The van der Waals surface area contributed by atoms with Crippen LogP contribution < -0.4 is 0 Å². The van der Waals surface area contributed by atoms with Crippen molar-refractivity contribution in [1.82, 2.24) is 0 Å².